The SMILES string of the molecule is Cc1ncsc1-c1ccc(CNC(=O)[C@@H]2CCCN2C(O)[C@@H](NC(O)COCCCCOc2cccc(C3=CCC(N4C(S)N(c5ccc(C#N)c(C(F)(F)F)c5)C(=O)C4(C)C)C=C3)c2)C(C)(C)C)cc1. The number of alkyl halides is 3. The minimum absolute atomic E-state index is 0.00928. The number of aryl methyl sites for hydroxylation is 1. The first-order valence-corrected chi connectivity index (χ1v) is 25.3. The molecule has 2 amide bonds. The van der Waals surface area contributed by atoms with Crippen molar-refractivity contribution >= 4 is 47.0 Å². The van der Waals surface area contributed by atoms with Crippen molar-refractivity contribution in [3.05, 3.63) is 118 Å². The number of aliphatic hydroxyl groups excluding tert-OH is 2. The molecular weight excluding hydrogens is 952 g/mol. The first kappa shape index (κ1) is 53.7. The Morgan fingerprint density at radius 1 is 1.06 bits per heavy atom. The number of nitriles is 1. The second-order valence-electron chi connectivity index (χ2n) is 19.8. The Labute approximate surface area is 423 Å². The molecule has 2 aliphatic heterocycles. The van der Waals surface area contributed by atoms with Crippen LogP contribution in [0.5, 0.6) is 5.75 Å². The number of ether oxygens (including phenoxy) is 2. The highest BCUT2D eigenvalue weighted by Gasteiger charge is 2.53. The van der Waals surface area contributed by atoms with Crippen LogP contribution in [-0.2, 0) is 27.0 Å². The third-order valence-electron chi connectivity index (χ3n) is 13.4. The van der Waals surface area contributed by atoms with Crippen molar-refractivity contribution in [2.75, 3.05) is 31.3 Å². The summed E-state index contributed by atoms with van der Waals surface area (Å²) in [4.78, 5) is 37.6. The van der Waals surface area contributed by atoms with Crippen molar-refractivity contribution in [2.24, 2.45) is 5.41 Å². The molecule has 4 aromatic rings. The smallest absolute Gasteiger partial charge is 0.417 e. The zero-order valence-corrected chi connectivity index (χ0v) is 42.7. The van der Waals surface area contributed by atoms with Crippen LogP contribution in [0.2, 0.25) is 0 Å². The predicted octanol–water partition coefficient (Wildman–Crippen LogP) is 8.66. The molecule has 4 unspecified atom stereocenters. The van der Waals surface area contributed by atoms with Crippen molar-refractivity contribution in [3.63, 3.8) is 0 Å². The minimum Gasteiger partial charge on any atom is -0.494 e. The summed E-state index contributed by atoms with van der Waals surface area (Å²) in [6.07, 6.45) is 2.41. The van der Waals surface area contributed by atoms with Crippen LogP contribution < -0.4 is 20.3 Å². The van der Waals surface area contributed by atoms with Crippen molar-refractivity contribution < 1.29 is 42.4 Å². The molecule has 0 spiro atoms. The molecule has 380 valence electrons. The summed E-state index contributed by atoms with van der Waals surface area (Å²) in [5.74, 6) is 0.144. The molecule has 3 aromatic carbocycles. The van der Waals surface area contributed by atoms with Gasteiger partial charge in [-0.1, -0.05) is 75.4 Å². The van der Waals surface area contributed by atoms with Crippen LogP contribution in [0.25, 0.3) is 16.0 Å². The summed E-state index contributed by atoms with van der Waals surface area (Å²) >= 11 is 6.34. The topological polar surface area (TPSA) is 164 Å². The molecule has 2 fully saturated rings. The molecule has 6 atom stereocenters. The molecule has 2 saturated heterocycles. The van der Waals surface area contributed by atoms with Gasteiger partial charge in [0, 0.05) is 31.4 Å². The van der Waals surface area contributed by atoms with E-state index in [9.17, 15) is 38.2 Å². The van der Waals surface area contributed by atoms with Gasteiger partial charge in [0.1, 0.15) is 23.7 Å². The number of carbonyl (C=O) groups is 2. The first-order valence-electron chi connectivity index (χ1n) is 23.9. The lowest BCUT2D eigenvalue weighted by molar-refractivity contribution is -0.138. The number of rotatable bonds is 19. The summed E-state index contributed by atoms with van der Waals surface area (Å²) in [5.41, 5.74) is 2.73. The average Bonchev–Trinajstić information content (AvgIpc) is 4.05. The second kappa shape index (κ2) is 22.8. The number of anilines is 1. The number of carbonyl (C=O) groups excluding carboxylic acids is 2. The Bertz CT molecular complexity index is 2610. The number of thiol groups is 1. The van der Waals surface area contributed by atoms with Crippen LogP contribution in [0.4, 0.5) is 18.9 Å². The third kappa shape index (κ3) is 12.6. The number of nitrogens with one attached hydrogen (secondary N) is 2. The second-order valence-corrected chi connectivity index (χ2v) is 21.1. The Hall–Kier alpha value is -5.10. The van der Waals surface area contributed by atoms with E-state index in [-0.39, 0.29) is 24.2 Å². The number of hydrogen-bond acceptors (Lipinski definition) is 13. The van der Waals surface area contributed by atoms with Gasteiger partial charge in [-0.25, -0.2) is 4.98 Å². The summed E-state index contributed by atoms with van der Waals surface area (Å²) in [7, 11) is 0. The van der Waals surface area contributed by atoms with Crippen molar-refractivity contribution in [3.8, 4) is 22.3 Å². The molecule has 1 aliphatic carbocycles. The number of allylic oxidation sites excluding steroid dienone is 2. The van der Waals surface area contributed by atoms with E-state index in [4.69, 9.17) is 22.1 Å². The van der Waals surface area contributed by atoms with Crippen LogP contribution in [-0.4, -0.2) is 105 Å². The molecule has 7 rings (SSSR count). The molecular formula is C53H64F3N7O6S2. The van der Waals surface area contributed by atoms with E-state index in [0.29, 0.717) is 57.7 Å². The predicted molar refractivity (Wildman–Crippen MR) is 272 cm³/mol. The van der Waals surface area contributed by atoms with Crippen LogP contribution in [0.15, 0.2) is 90.5 Å². The zero-order valence-electron chi connectivity index (χ0n) is 40.9. The number of halogens is 3. The third-order valence-corrected chi connectivity index (χ3v) is 14.8. The monoisotopic (exact) mass is 1020 g/mol. The van der Waals surface area contributed by atoms with Crippen LogP contribution >= 0.6 is 24.0 Å². The van der Waals surface area contributed by atoms with E-state index in [1.54, 1.807) is 31.3 Å². The highest BCUT2D eigenvalue weighted by molar-refractivity contribution is 7.81. The highest BCUT2D eigenvalue weighted by atomic mass is 32.1. The Kier molecular flexibility index (Phi) is 17.2. The maximum Gasteiger partial charge on any atom is 0.417 e. The van der Waals surface area contributed by atoms with E-state index in [0.717, 1.165) is 51.4 Å². The van der Waals surface area contributed by atoms with E-state index in [1.165, 1.54) is 11.0 Å². The van der Waals surface area contributed by atoms with E-state index in [2.05, 4.69) is 21.7 Å². The number of amides is 2. The summed E-state index contributed by atoms with van der Waals surface area (Å²) in [6.45, 7) is 13.1. The fraction of sp³-hybridized carbons (Fsp3) is 0.472. The van der Waals surface area contributed by atoms with Gasteiger partial charge in [0.25, 0.3) is 0 Å². The number of aliphatic hydroxyl groups is 2. The molecule has 13 nitrogen and oxygen atoms in total. The molecule has 0 radical (unpaired) electrons. The van der Waals surface area contributed by atoms with Gasteiger partial charge in [0.15, 0.2) is 0 Å². The molecule has 4 N–H and O–H groups in total. The fourth-order valence-corrected chi connectivity index (χ4v) is 11.0. The van der Waals surface area contributed by atoms with Gasteiger partial charge in [-0.2, -0.15) is 18.4 Å². The largest absolute Gasteiger partial charge is 0.494 e. The van der Waals surface area contributed by atoms with Gasteiger partial charge in [-0.15, -0.1) is 24.0 Å². The van der Waals surface area contributed by atoms with Gasteiger partial charge in [-0.3, -0.25) is 29.6 Å². The normalized spacial score (nSPS) is 20.9. The molecule has 3 aliphatic rings. The van der Waals surface area contributed by atoms with Crippen LogP contribution in [0.1, 0.15) is 94.7 Å². The summed E-state index contributed by atoms with van der Waals surface area (Å²) in [5, 5.41) is 38.2. The van der Waals surface area contributed by atoms with Gasteiger partial charge in [0.2, 0.25) is 11.8 Å². The van der Waals surface area contributed by atoms with Gasteiger partial charge in [-0.05, 0) is 111 Å². The van der Waals surface area contributed by atoms with E-state index < -0.39 is 64.2 Å². The first-order chi connectivity index (χ1) is 33.7. The molecule has 18 heteroatoms. The van der Waals surface area contributed by atoms with E-state index in [1.807, 2.05) is 104 Å². The van der Waals surface area contributed by atoms with Crippen molar-refractivity contribution in [1.82, 2.24) is 25.4 Å². The minimum atomic E-state index is -4.77. The lowest BCUT2D eigenvalue weighted by Crippen LogP contribution is -2.61. The Morgan fingerprint density at radius 3 is 2.46 bits per heavy atom. The van der Waals surface area contributed by atoms with Crippen LogP contribution in [0.3, 0.4) is 0 Å². The van der Waals surface area contributed by atoms with Gasteiger partial charge >= 0.3 is 6.18 Å². The molecule has 0 bridgehead atoms. The number of nitrogens with zero attached hydrogens (tertiary/aromatic N) is 5. The van der Waals surface area contributed by atoms with Gasteiger partial charge in [0.05, 0.1) is 64.1 Å². The number of thiazole rings is 1. The average molecular weight is 1020 g/mol. The fourth-order valence-electron chi connectivity index (χ4n) is 9.54. The van der Waals surface area contributed by atoms with Crippen molar-refractivity contribution in [2.45, 2.75) is 128 Å². The maximum atomic E-state index is 13.8. The number of likely N-dealkylation sites (tertiary alicyclic amines) is 1. The summed E-state index contributed by atoms with van der Waals surface area (Å²) in [6, 6.07) is 19.3. The number of unbranched alkanes of at least 4 members (excludes halogenated alkanes) is 1. The molecule has 1 aromatic heterocycles. The quantitative estimate of drug-likeness (QED) is 0.0347. The number of benzene rings is 3. The highest BCUT2D eigenvalue weighted by Crippen LogP contribution is 2.43. The van der Waals surface area contributed by atoms with Crippen molar-refractivity contribution in [1.29, 1.82) is 5.26 Å². The molecule has 71 heavy (non-hydrogen) atoms. The molecule has 0 saturated carbocycles. The van der Waals surface area contributed by atoms with Crippen LogP contribution in [0, 0.1) is 23.7 Å². The zero-order chi connectivity index (χ0) is 51.3. The number of hydrogen-bond donors (Lipinski definition) is 5. The summed E-state index contributed by atoms with van der Waals surface area (Å²) < 4.78 is 53.4. The standard InChI is InChI=1S/C53H64F3N7O6S2/c1-33-45(71-32-59-33)36-16-14-34(15-17-36)30-58-47(65)43-13-10-24-61(43)48(66)46(51(2,3)4)60-44(64)31-68-25-7-8-26-69-41-12-9-11-37(27-41)35-18-21-39(22-19-35)63-50(70)62(49(67)52(63,5)6)40-23-20-38(29-57)42(28-40)53(54,55)56/h9,11-12,14-21,23,27-28,32,39,43-44,46,48,50,60,64,66,70H,7-8,10,13,22,24-26,30-31H2,1-6H3,(H,58,65)/t39?,43-,44?,46+,48?,50?/m0/s1. The van der Waals surface area contributed by atoms with E-state index >= 15 is 0 Å². The molecule has 3 heterocycles. The maximum absolute atomic E-state index is 13.8. The number of aromatic nitrogens is 1. The Morgan fingerprint density at radius 2 is 1.80 bits per heavy atom. The Balaban J connectivity index is 0.834. The lowest BCUT2D eigenvalue weighted by Gasteiger charge is -2.41. The lowest BCUT2D eigenvalue weighted by atomic mass is 9.84. The van der Waals surface area contributed by atoms with Gasteiger partial charge < -0.3 is 25.0 Å².